The molecule has 1 aromatic carbocycles. The van der Waals surface area contributed by atoms with Crippen LogP contribution in [0.25, 0.3) is 0 Å². The number of halogens is 1. The average Bonchev–Trinajstić information content (AvgIpc) is 3.08. The SMILES string of the molecule is O=C(NC1CCCC1)[C@H]1CCCN(S(=O)(=O)c2ccc(F)cc2)C1. The minimum absolute atomic E-state index is 0.0408. The van der Waals surface area contributed by atoms with Crippen LogP contribution in [-0.4, -0.2) is 37.8 Å². The molecule has 1 N–H and O–H groups in total. The molecule has 1 aliphatic heterocycles. The lowest BCUT2D eigenvalue weighted by molar-refractivity contribution is -0.126. The highest BCUT2D eigenvalue weighted by molar-refractivity contribution is 7.89. The summed E-state index contributed by atoms with van der Waals surface area (Å²) >= 11 is 0. The van der Waals surface area contributed by atoms with Crippen molar-refractivity contribution in [2.75, 3.05) is 13.1 Å². The van der Waals surface area contributed by atoms with Crippen molar-refractivity contribution >= 4 is 15.9 Å². The summed E-state index contributed by atoms with van der Waals surface area (Å²) in [5, 5.41) is 3.06. The van der Waals surface area contributed by atoms with Crippen molar-refractivity contribution in [1.29, 1.82) is 0 Å². The lowest BCUT2D eigenvalue weighted by Crippen LogP contribution is -2.47. The number of sulfonamides is 1. The van der Waals surface area contributed by atoms with E-state index in [9.17, 15) is 17.6 Å². The molecule has 1 aliphatic carbocycles. The first-order valence-electron chi connectivity index (χ1n) is 8.53. The van der Waals surface area contributed by atoms with Crippen molar-refractivity contribution in [3.63, 3.8) is 0 Å². The van der Waals surface area contributed by atoms with E-state index in [4.69, 9.17) is 0 Å². The maximum atomic E-state index is 13.0. The van der Waals surface area contributed by atoms with Gasteiger partial charge in [-0.05, 0) is 49.9 Å². The van der Waals surface area contributed by atoms with Crippen molar-refractivity contribution < 1.29 is 17.6 Å². The van der Waals surface area contributed by atoms with Crippen LogP contribution in [-0.2, 0) is 14.8 Å². The second kappa shape index (κ2) is 7.19. The Bertz CT molecular complexity index is 684. The molecule has 1 heterocycles. The first-order chi connectivity index (χ1) is 11.5. The highest BCUT2D eigenvalue weighted by Gasteiger charge is 2.34. The molecule has 1 atom stereocenters. The summed E-state index contributed by atoms with van der Waals surface area (Å²) in [6, 6.07) is 5.06. The number of rotatable bonds is 4. The fourth-order valence-electron chi connectivity index (χ4n) is 3.52. The molecule has 24 heavy (non-hydrogen) atoms. The first kappa shape index (κ1) is 17.4. The van der Waals surface area contributed by atoms with Crippen LogP contribution in [0.2, 0.25) is 0 Å². The van der Waals surface area contributed by atoms with E-state index in [1.54, 1.807) is 0 Å². The predicted molar refractivity (Wildman–Crippen MR) is 88.3 cm³/mol. The quantitative estimate of drug-likeness (QED) is 0.902. The van der Waals surface area contributed by atoms with Crippen molar-refractivity contribution in [3.8, 4) is 0 Å². The van der Waals surface area contributed by atoms with Gasteiger partial charge in [0.05, 0.1) is 10.8 Å². The van der Waals surface area contributed by atoms with E-state index in [0.717, 1.165) is 37.8 Å². The average molecular weight is 354 g/mol. The first-order valence-corrected chi connectivity index (χ1v) is 9.97. The lowest BCUT2D eigenvalue weighted by atomic mass is 9.98. The molecule has 132 valence electrons. The molecule has 7 heteroatoms. The Kier molecular flexibility index (Phi) is 5.20. The molecule has 1 amide bonds. The molecule has 0 spiro atoms. The van der Waals surface area contributed by atoms with Crippen LogP contribution >= 0.6 is 0 Å². The summed E-state index contributed by atoms with van der Waals surface area (Å²) in [5.74, 6) is -0.822. The molecule has 1 aromatic rings. The lowest BCUT2D eigenvalue weighted by Gasteiger charge is -2.31. The van der Waals surface area contributed by atoms with Gasteiger partial charge in [-0.25, -0.2) is 12.8 Å². The fourth-order valence-corrected chi connectivity index (χ4v) is 5.04. The van der Waals surface area contributed by atoms with Crippen LogP contribution in [0.4, 0.5) is 4.39 Å². The van der Waals surface area contributed by atoms with Gasteiger partial charge in [0, 0.05) is 19.1 Å². The molecule has 1 saturated carbocycles. The zero-order valence-electron chi connectivity index (χ0n) is 13.6. The molecular weight excluding hydrogens is 331 g/mol. The topological polar surface area (TPSA) is 66.5 Å². The maximum Gasteiger partial charge on any atom is 0.243 e. The second-order valence-electron chi connectivity index (χ2n) is 6.65. The smallest absolute Gasteiger partial charge is 0.243 e. The second-order valence-corrected chi connectivity index (χ2v) is 8.58. The van der Waals surface area contributed by atoms with Gasteiger partial charge in [-0.1, -0.05) is 12.8 Å². The van der Waals surface area contributed by atoms with Gasteiger partial charge in [-0.2, -0.15) is 4.31 Å². The van der Waals surface area contributed by atoms with E-state index in [0.29, 0.717) is 19.4 Å². The molecule has 0 aromatic heterocycles. The predicted octanol–water partition coefficient (Wildman–Crippen LogP) is 2.29. The molecule has 0 bridgehead atoms. The molecule has 1 saturated heterocycles. The van der Waals surface area contributed by atoms with Gasteiger partial charge in [-0.3, -0.25) is 4.79 Å². The van der Waals surface area contributed by atoms with Gasteiger partial charge in [0.2, 0.25) is 15.9 Å². The van der Waals surface area contributed by atoms with Crippen molar-refractivity contribution in [2.24, 2.45) is 5.92 Å². The Hall–Kier alpha value is -1.47. The zero-order chi connectivity index (χ0) is 17.2. The normalized spacial score (nSPS) is 23.3. The number of piperidine rings is 1. The third kappa shape index (κ3) is 3.78. The van der Waals surface area contributed by atoms with E-state index in [-0.39, 0.29) is 29.3 Å². The van der Waals surface area contributed by atoms with Crippen LogP contribution in [0.3, 0.4) is 0 Å². The number of nitrogens with one attached hydrogen (secondary N) is 1. The molecule has 2 aliphatic rings. The highest BCUT2D eigenvalue weighted by Crippen LogP contribution is 2.25. The van der Waals surface area contributed by atoms with Crippen LogP contribution in [0.15, 0.2) is 29.2 Å². The number of carbonyl (C=O) groups excluding carboxylic acids is 1. The number of hydrogen-bond donors (Lipinski definition) is 1. The van der Waals surface area contributed by atoms with Crippen LogP contribution in [0, 0.1) is 11.7 Å². The van der Waals surface area contributed by atoms with Crippen LogP contribution < -0.4 is 5.32 Å². The van der Waals surface area contributed by atoms with Gasteiger partial charge < -0.3 is 5.32 Å². The minimum atomic E-state index is -3.69. The molecule has 5 nitrogen and oxygen atoms in total. The Balaban J connectivity index is 1.68. The summed E-state index contributed by atoms with van der Waals surface area (Å²) in [4.78, 5) is 12.5. The maximum absolute atomic E-state index is 13.0. The van der Waals surface area contributed by atoms with Gasteiger partial charge in [0.15, 0.2) is 0 Å². The highest BCUT2D eigenvalue weighted by atomic mass is 32.2. The zero-order valence-corrected chi connectivity index (χ0v) is 14.4. The summed E-state index contributed by atoms with van der Waals surface area (Å²) in [7, 11) is -3.69. The monoisotopic (exact) mass is 354 g/mol. The number of amides is 1. The molecule has 3 rings (SSSR count). The van der Waals surface area contributed by atoms with E-state index >= 15 is 0 Å². The van der Waals surface area contributed by atoms with Crippen molar-refractivity contribution in [2.45, 2.75) is 49.5 Å². The number of benzene rings is 1. The van der Waals surface area contributed by atoms with E-state index in [1.165, 1.54) is 16.4 Å². The Morgan fingerprint density at radius 1 is 1.08 bits per heavy atom. The number of nitrogens with zero attached hydrogens (tertiary/aromatic N) is 1. The van der Waals surface area contributed by atoms with E-state index < -0.39 is 15.8 Å². The van der Waals surface area contributed by atoms with Gasteiger partial charge in [0.1, 0.15) is 5.82 Å². The third-order valence-electron chi connectivity index (χ3n) is 4.91. The van der Waals surface area contributed by atoms with E-state index in [1.807, 2.05) is 0 Å². The molecular formula is C17H23FN2O3S. The van der Waals surface area contributed by atoms with Crippen LogP contribution in [0.5, 0.6) is 0 Å². The standard InChI is InChI=1S/C17H23FN2O3S/c18-14-7-9-16(10-8-14)24(22,23)20-11-3-4-13(12-20)17(21)19-15-5-1-2-6-15/h7-10,13,15H,1-6,11-12H2,(H,19,21)/t13-/m0/s1. The molecule has 2 fully saturated rings. The number of hydrogen-bond acceptors (Lipinski definition) is 3. The van der Waals surface area contributed by atoms with Crippen molar-refractivity contribution in [1.82, 2.24) is 9.62 Å². The summed E-state index contributed by atoms with van der Waals surface area (Å²) in [6.45, 7) is 0.588. The largest absolute Gasteiger partial charge is 0.353 e. The van der Waals surface area contributed by atoms with Gasteiger partial charge in [0.25, 0.3) is 0 Å². The van der Waals surface area contributed by atoms with Gasteiger partial charge >= 0.3 is 0 Å². The molecule has 0 unspecified atom stereocenters. The summed E-state index contributed by atoms with van der Waals surface area (Å²) in [5.41, 5.74) is 0. The summed E-state index contributed by atoms with van der Waals surface area (Å²) in [6.07, 6.45) is 5.66. The third-order valence-corrected chi connectivity index (χ3v) is 6.79. The Morgan fingerprint density at radius 3 is 2.42 bits per heavy atom. The van der Waals surface area contributed by atoms with Gasteiger partial charge in [-0.15, -0.1) is 0 Å². The minimum Gasteiger partial charge on any atom is -0.353 e. The molecule has 0 radical (unpaired) electrons. The van der Waals surface area contributed by atoms with Crippen molar-refractivity contribution in [3.05, 3.63) is 30.1 Å². The van der Waals surface area contributed by atoms with Crippen LogP contribution in [0.1, 0.15) is 38.5 Å². The number of carbonyl (C=O) groups is 1. The summed E-state index contributed by atoms with van der Waals surface area (Å²) < 4.78 is 39.7. The van der Waals surface area contributed by atoms with E-state index in [2.05, 4.69) is 5.32 Å². The Labute approximate surface area is 142 Å². The Morgan fingerprint density at radius 2 is 1.75 bits per heavy atom. The fraction of sp³-hybridized carbons (Fsp3) is 0.588.